The van der Waals surface area contributed by atoms with Crippen molar-refractivity contribution in [2.24, 2.45) is 5.92 Å². The molecule has 0 aromatic heterocycles. The molecule has 0 saturated carbocycles. The molecule has 26 heavy (non-hydrogen) atoms. The number of benzene rings is 1. The highest BCUT2D eigenvalue weighted by molar-refractivity contribution is 6.00. The Morgan fingerprint density at radius 3 is 2.58 bits per heavy atom. The Kier molecular flexibility index (Phi) is 5.48. The average molecular weight is 361 g/mol. The summed E-state index contributed by atoms with van der Waals surface area (Å²) in [4.78, 5) is 28.7. The molecule has 2 amide bonds. The molecule has 3 rings (SSSR count). The lowest BCUT2D eigenvalue weighted by molar-refractivity contribution is -0.127. The van der Waals surface area contributed by atoms with E-state index in [1.54, 1.807) is 29.2 Å². The van der Waals surface area contributed by atoms with Crippen LogP contribution in [-0.4, -0.2) is 67.8 Å². The van der Waals surface area contributed by atoms with Crippen molar-refractivity contribution < 1.29 is 19.4 Å². The van der Waals surface area contributed by atoms with Crippen LogP contribution in [0.5, 0.6) is 5.75 Å². The van der Waals surface area contributed by atoms with E-state index in [1.165, 1.54) is 0 Å². The SMILES string of the molecule is CN(C)C1(CNC(=O)[C@@H]2CC(=O)N(c3ccc(O)cc3)C2)CCOCC1. The standard InChI is InChI=1S/C19H27N3O4/c1-21(2)19(7-9-26-10-8-19)13-20-18(25)14-11-17(24)22(12-14)15-3-5-16(23)6-4-15/h3-6,14,23H,7-13H2,1-2H3,(H,20,25)/t14-/m1/s1. The monoisotopic (exact) mass is 361 g/mol. The summed E-state index contributed by atoms with van der Waals surface area (Å²) in [5.74, 6) is -0.341. The maximum atomic E-state index is 12.6. The van der Waals surface area contributed by atoms with Crippen LogP contribution >= 0.6 is 0 Å². The van der Waals surface area contributed by atoms with Crippen molar-refractivity contribution in [1.29, 1.82) is 0 Å². The van der Waals surface area contributed by atoms with Gasteiger partial charge in [-0.15, -0.1) is 0 Å². The van der Waals surface area contributed by atoms with Crippen molar-refractivity contribution >= 4 is 17.5 Å². The van der Waals surface area contributed by atoms with Crippen LogP contribution in [0.15, 0.2) is 24.3 Å². The summed E-state index contributed by atoms with van der Waals surface area (Å²) in [6, 6.07) is 6.47. The van der Waals surface area contributed by atoms with Crippen molar-refractivity contribution in [3.63, 3.8) is 0 Å². The van der Waals surface area contributed by atoms with Crippen LogP contribution in [0.1, 0.15) is 19.3 Å². The van der Waals surface area contributed by atoms with E-state index >= 15 is 0 Å². The number of nitrogens with one attached hydrogen (secondary N) is 1. The molecule has 0 spiro atoms. The van der Waals surface area contributed by atoms with Crippen LogP contribution < -0.4 is 10.2 Å². The molecule has 1 atom stereocenters. The summed E-state index contributed by atoms with van der Waals surface area (Å²) in [5, 5.41) is 12.5. The molecule has 2 aliphatic heterocycles. The predicted molar refractivity (Wildman–Crippen MR) is 98.0 cm³/mol. The average Bonchev–Trinajstić information content (AvgIpc) is 3.03. The Bertz CT molecular complexity index is 653. The number of hydrogen-bond acceptors (Lipinski definition) is 5. The van der Waals surface area contributed by atoms with E-state index in [9.17, 15) is 14.7 Å². The lowest BCUT2D eigenvalue weighted by Crippen LogP contribution is -2.56. The number of ether oxygens (including phenoxy) is 1. The van der Waals surface area contributed by atoms with Crippen molar-refractivity contribution in [1.82, 2.24) is 10.2 Å². The fourth-order valence-electron chi connectivity index (χ4n) is 3.69. The predicted octanol–water partition coefficient (Wildman–Crippen LogP) is 0.972. The molecule has 0 radical (unpaired) electrons. The Morgan fingerprint density at radius 1 is 1.31 bits per heavy atom. The number of rotatable bonds is 5. The van der Waals surface area contributed by atoms with E-state index in [0.717, 1.165) is 12.8 Å². The van der Waals surface area contributed by atoms with E-state index in [0.29, 0.717) is 32.0 Å². The first-order chi connectivity index (χ1) is 12.4. The number of carbonyl (C=O) groups excluding carboxylic acids is 2. The van der Waals surface area contributed by atoms with Gasteiger partial charge in [-0.1, -0.05) is 0 Å². The Labute approximate surface area is 153 Å². The molecule has 2 saturated heterocycles. The minimum atomic E-state index is -0.352. The second-order valence-corrected chi connectivity index (χ2v) is 7.37. The van der Waals surface area contributed by atoms with Gasteiger partial charge in [0.05, 0.1) is 5.92 Å². The number of aromatic hydroxyl groups is 1. The molecule has 7 heteroatoms. The summed E-state index contributed by atoms with van der Waals surface area (Å²) in [6.07, 6.45) is 1.97. The highest BCUT2D eigenvalue weighted by atomic mass is 16.5. The van der Waals surface area contributed by atoms with Crippen LogP contribution in [0, 0.1) is 5.92 Å². The number of nitrogens with zero attached hydrogens (tertiary/aromatic N) is 2. The fourth-order valence-corrected chi connectivity index (χ4v) is 3.69. The van der Waals surface area contributed by atoms with E-state index in [1.807, 2.05) is 14.1 Å². The first-order valence-electron chi connectivity index (χ1n) is 9.03. The van der Waals surface area contributed by atoms with Gasteiger partial charge in [0.15, 0.2) is 0 Å². The van der Waals surface area contributed by atoms with Gasteiger partial charge in [0.25, 0.3) is 0 Å². The number of likely N-dealkylation sites (N-methyl/N-ethyl adjacent to an activating group) is 1. The van der Waals surface area contributed by atoms with Gasteiger partial charge < -0.3 is 25.0 Å². The summed E-state index contributed by atoms with van der Waals surface area (Å²) >= 11 is 0. The summed E-state index contributed by atoms with van der Waals surface area (Å²) in [5.41, 5.74) is 0.616. The van der Waals surface area contributed by atoms with Gasteiger partial charge in [-0.25, -0.2) is 0 Å². The molecule has 7 nitrogen and oxygen atoms in total. The van der Waals surface area contributed by atoms with Gasteiger partial charge in [-0.2, -0.15) is 0 Å². The molecule has 0 aliphatic carbocycles. The first kappa shape index (κ1) is 18.7. The third-order valence-electron chi connectivity index (χ3n) is 5.62. The van der Waals surface area contributed by atoms with Gasteiger partial charge in [0, 0.05) is 44.0 Å². The molecular formula is C19H27N3O4. The quantitative estimate of drug-likeness (QED) is 0.817. The third kappa shape index (κ3) is 3.83. The van der Waals surface area contributed by atoms with Gasteiger partial charge >= 0.3 is 0 Å². The minimum absolute atomic E-state index is 0.0655. The molecule has 1 aromatic carbocycles. The zero-order chi connectivity index (χ0) is 18.7. The van der Waals surface area contributed by atoms with E-state index in [4.69, 9.17) is 4.74 Å². The second-order valence-electron chi connectivity index (χ2n) is 7.37. The minimum Gasteiger partial charge on any atom is -0.508 e. The topological polar surface area (TPSA) is 82.1 Å². The number of anilines is 1. The molecular weight excluding hydrogens is 334 g/mol. The van der Waals surface area contributed by atoms with Crippen molar-refractivity contribution in [2.45, 2.75) is 24.8 Å². The molecule has 142 valence electrons. The smallest absolute Gasteiger partial charge is 0.227 e. The maximum absolute atomic E-state index is 12.6. The van der Waals surface area contributed by atoms with Gasteiger partial charge in [-0.05, 0) is 51.2 Å². The van der Waals surface area contributed by atoms with Crippen LogP contribution in [0.4, 0.5) is 5.69 Å². The normalized spacial score (nSPS) is 22.7. The van der Waals surface area contributed by atoms with Gasteiger partial charge in [0.2, 0.25) is 11.8 Å². The van der Waals surface area contributed by atoms with Crippen LogP contribution in [0.3, 0.4) is 0 Å². The van der Waals surface area contributed by atoms with Gasteiger partial charge in [-0.3, -0.25) is 9.59 Å². The van der Waals surface area contributed by atoms with E-state index in [2.05, 4.69) is 10.2 Å². The Balaban J connectivity index is 1.60. The van der Waals surface area contributed by atoms with E-state index in [-0.39, 0.29) is 35.4 Å². The summed E-state index contributed by atoms with van der Waals surface area (Å²) in [6.45, 7) is 2.33. The zero-order valence-corrected chi connectivity index (χ0v) is 15.4. The largest absolute Gasteiger partial charge is 0.508 e. The van der Waals surface area contributed by atoms with Crippen LogP contribution in [0.2, 0.25) is 0 Å². The summed E-state index contributed by atoms with van der Waals surface area (Å²) in [7, 11) is 4.06. The lowest BCUT2D eigenvalue weighted by atomic mass is 9.88. The van der Waals surface area contributed by atoms with Gasteiger partial charge in [0.1, 0.15) is 5.75 Å². The highest BCUT2D eigenvalue weighted by Crippen LogP contribution is 2.28. The Hall–Kier alpha value is -2.12. The van der Waals surface area contributed by atoms with Crippen molar-refractivity contribution in [3.05, 3.63) is 24.3 Å². The molecule has 2 fully saturated rings. The molecule has 2 aliphatic rings. The highest BCUT2D eigenvalue weighted by Gasteiger charge is 2.38. The molecule has 2 N–H and O–H groups in total. The van der Waals surface area contributed by atoms with Crippen molar-refractivity contribution in [2.75, 3.05) is 45.3 Å². The zero-order valence-electron chi connectivity index (χ0n) is 15.4. The number of hydrogen-bond donors (Lipinski definition) is 2. The number of carbonyl (C=O) groups is 2. The van der Waals surface area contributed by atoms with Crippen molar-refractivity contribution in [3.8, 4) is 5.75 Å². The number of phenolic OH excluding ortho intramolecular Hbond substituents is 1. The van der Waals surface area contributed by atoms with E-state index < -0.39 is 0 Å². The van der Waals surface area contributed by atoms with Crippen LogP contribution in [0.25, 0.3) is 0 Å². The first-order valence-corrected chi connectivity index (χ1v) is 9.03. The number of phenols is 1. The Morgan fingerprint density at radius 2 is 1.96 bits per heavy atom. The number of amides is 2. The lowest BCUT2D eigenvalue weighted by Gasteiger charge is -2.43. The molecule has 0 unspecified atom stereocenters. The van der Waals surface area contributed by atoms with Crippen LogP contribution in [-0.2, 0) is 14.3 Å². The maximum Gasteiger partial charge on any atom is 0.227 e. The molecule has 2 heterocycles. The second kappa shape index (κ2) is 7.63. The fraction of sp³-hybridized carbons (Fsp3) is 0.579. The summed E-state index contributed by atoms with van der Waals surface area (Å²) < 4.78 is 5.46. The third-order valence-corrected chi connectivity index (χ3v) is 5.62. The molecule has 0 bridgehead atoms. The molecule has 1 aromatic rings.